The van der Waals surface area contributed by atoms with Crippen LogP contribution in [0, 0.1) is 21.8 Å². The standard InChI is InChI=1S/C26H24BrIN4O5/c1-16-24(27)20(14-34-2)19(11-29)26(31-16)37-15-23(33)32-30-12-18-9-21(28)25(22(10-18)35-3)36-13-17-7-5-4-6-8-17/h4-10,12H,13-15H2,1-3H3,(H,32,33)/b30-12+. The summed E-state index contributed by atoms with van der Waals surface area (Å²) >= 11 is 5.58. The summed E-state index contributed by atoms with van der Waals surface area (Å²) in [5, 5.41) is 13.6. The number of amides is 1. The molecule has 0 unspecified atom stereocenters. The summed E-state index contributed by atoms with van der Waals surface area (Å²) in [6.07, 6.45) is 1.49. The Morgan fingerprint density at radius 1 is 1.22 bits per heavy atom. The van der Waals surface area contributed by atoms with Crippen LogP contribution in [0.5, 0.6) is 17.4 Å². The number of benzene rings is 2. The van der Waals surface area contributed by atoms with Crippen LogP contribution < -0.4 is 19.6 Å². The van der Waals surface area contributed by atoms with E-state index in [1.807, 2.05) is 36.4 Å². The van der Waals surface area contributed by atoms with E-state index in [4.69, 9.17) is 18.9 Å². The zero-order valence-electron chi connectivity index (χ0n) is 20.4. The number of methoxy groups -OCH3 is 2. The maximum Gasteiger partial charge on any atom is 0.278 e. The van der Waals surface area contributed by atoms with Gasteiger partial charge in [-0.25, -0.2) is 10.4 Å². The first-order valence-corrected chi connectivity index (χ1v) is 12.8. The van der Waals surface area contributed by atoms with Crippen molar-refractivity contribution in [2.45, 2.75) is 20.1 Å². The van der Waals surface area contributed by atoms with Crippen molar-refractivity contribution >= 4 is 50.6 Å². The number of carbonyl (C=O) groups is 1. The van der Waals surface area contributed by atoms with Gasteiger partial charge >= 0.3 is 0 Å². The number of hydrogen-bond acceptors (Lipinski definition) is 8. The number of ether oxygens (including phenoxy) is 4. The van der Waals surface area contributed by atoms with E-state index in [9.17, 15) is 10.1 Å². The van der Waals surface area contributed by atoms with Gasteiger partial charge in [0.05, 0.1) is 29.2 Å². The zero-order valence-corrected chi connectivity index (χ0v) is 24.1. The summed E-state index contributed by atoms with van der Waals surface area (Å²) in [5.74, 6) is 0.714. The third kappa shape index (κ3) is 7.64. The topological polar surface area (TPSA) is 115 Å². The van der Waals surface area contributed by atoms with Gasteiger partial charge in [0.25, 0.3) is 5.91 Å². The molecule has 1 aromatic heterocycles. The molecule has 0 aliphatic heterocycles. The molecule has 3 aromatic rings. The lowest BCUT2D eigenvalue weighted by atomic mass is 10.1. The minimum Gasteiger partial charge on any atom is -0.493 e. The normalized spacial score (nSPS) is 10.7. The van der Waals surface area contributed by atoms with Crippen LogP contribution in [-0.4, -0.2) is 37.9 Å². The Labute approximate surface area is 237 Å². The Morgan fingerprint density at radius 3 is 2.65 bits per heavy atom. The Kier molecular flexibility index (Phi) is 10.7. The van der Waals surface area contributed by atoms with Crippen molar-refractivity contribution in [1.29, 1.82) is 5.26 Å². The van der Waals surface area contributed by atoms with Crippen LogP contribution in [0.3, 0.4) is 0 Å². The Balaban J connectivity index is 1.63. The Morgan fingerprint density at radius 2 is 1.97 bits per heavy atom. The van der Waals surface area contributed by atoms with Crippen molar-refractivity contribution < 1.29 is 23.7 Å². The predicted molar refractivity (Wildman–Crippen MR) is 150 cm³/mol. The van der Waals surface area contributed by atoms with E-state index in [-0.39, 0.29) is 24.7 Å². The molecular formula is C26H24BrIN4O5. The van der Waals surface area contributed by atoms with Crippen LogP contribution in [0.25, 0.3) is 0 Å². The minimum atomic E-state index is -0.514. The second kappa shape index (κ2) is 13.9. The fourth-order valence-electron chi connectivity index (χ4n) is 3.24. The Bertz CT molecular complexity index is 1330. The maximum atomic E-state index is 12.3. The summed E-state index contributed by atoms with van der Waals surface area (Å²) in [5.41, 5.74) is 5.57. The van der Waals surface area contributed by atoms with Gasteiger partial charge in [0.15, 0.2) is 18.1 Å². The average Bonchev–Trinajstić information content (AvgIpc) is 2.90. The quantitative estimate of drug-likeness (QED) is 0.174. The molecule has 0 bridgehead atoms. The lowest BCUT2D eigenvalue weighted by molar-refractivity contribution is -0.123. The summed E-state index contributed by atoms with van der Waals surface area (Å²) in [4.78, 5) is 16.6. The molecule has 0 aliphatic rings. The van der Waals surface area contributed by atoms with E-state index in [0.29, 0.717) is 39.4 Å². The van der Waals surface area contributed by atoms with Crippen LogP contribution in [0.4, 0.5) is 0 Å². The molecule has 0 aliphatic carbocycles. The molecule has 192 valence electrons. The predicted octanol–water partition coefficient (Wildman–Crippen LogP) is 4.89. The fraction of sp³-hybridized carbons (Fsp3) is 0.231. The summed E-state index contributed by atoms with van der Waals surface area (Å²) in [7, 11) is 3.09. The number of nitrogens with zero attached hydrogens (tertiary/aromatic N) is 3. The molecule has 9 nitrogen and oxygen atoms in total. The van der Waals surface area contributed by atoms with Crippen molar-refractivity contribution in [3.8, 4) is 23.4 Å². The van der Waals surface area contributed by atoms with Gasteiger partial charge in [-0.3, -0.25) is 4.79 Å². The molecule has 3 rings (SSSR count). The number of carbonyl (C=O) groups excluding carboxylic acids is 1. The molecule has 1 heterocycles. The highest BCUT2D eigenvalue weighted by atomic mass is 127. The van der Waals surface area contributed by atoms with Gasteiger partial charge in [0.2, 0.25) is 5.88 Å². The van der Waals surface area contributed by atoms with Crippen LogP contribution in [0.1, 0.15) is 27.9 Å². The maximum absolute atomic E-state index is 12.3. The van der Waals surface area contributed by atoms with Gasteiger partial charge in [-0.1, -0.05) is 30.3 Å². The van der Waals surface area contributed by atoms with Crippen molar-refractivity contribution in [1.82, 2.24) is 10.4 Å². The van der Waals surface area contributed by atoms with E-state index in [1.165, 1.54) is 13.3 Å². The van der Waals surface area contributed by atoms with Gasteiger partial charge in [-0.15, -0.1) is 0 Å². The highest BCUT2D eigenvalue weighted by Gasteiger charge is 2.18. The number of rotatable bonds is 11. The first-order valence-electron chi connectivity index (χ1n) is 10.9. The van der Waals surface area contributed by atoms with Crippen LogP contribution >= 0.6 is 38.5 Å². The lowest BCUT2D eigenvalue weighted by Crippen LogP contribution is -2.25. The number of hydrazone groups is 1. The van der Waals surface area contributed by atoms with Crippen LogP contribution in [-0.2, 0) is 22.7 Å². The number of aryl methyl sites for hydroxylation is 1. The third-order valence-electron chi connectivity index (χ3n) is 4.99. The van der Waals surface area contributed by atoms with E-state index in [0.717, 1.165) is 9.13 Å². The van der Waals surface area contributed by atoms with Gasteiger partial charge < -0.3 is 18.9 Å². The number of nitrogens with one attached hydrogen (secondary N) is 1. The van der Waals surface area contributed by atoms with Gasteiger partial charge in [0, 0.05) is 17.1 Å². The largest absolute Gasteiger partial charge is 0.493 e. The average molecular weight is 679 g/mol. The van der Waals surface area contributed by atoms with Crippen molar-refractivity contribution in [3.05, 3.63) is 78.5 Å². The first-order chi connectivity index (χ1) is 17.9. The number of aromatic nitrogens is 1. The summed E-state index contributed by atoms with van der Waals surface area (Å²) < 4.78 is 23.6. The van der Waals surface area contributed by atoms with Crippen LogP contribution in [0.2, 0.25) is 0 Å². The molecule has 0 saturated carbocycles. The Hall–Kier alpha value is -3.21. The summed E-state index contributed by atoms with van der Waals surface area (Å²) in [6.45, 7) is 1.98. The molecule has 0 spiro atoms. The van der Waals surface area contributed by atoms with Crippen molar-refractivity contribution in [2.75, 3.05) is 20.8 Å². The molecule has 1 N–H and O–H groups in total. The van der Waals surface area contributed by atoms with E-state index >= 15 is 0 Å². The molecule has 0 saturated heterocycles. The SMILES string of the molecule is COCc1c(Br)c(C)nc(OCC(=O)N/N=C/c2cc(I)c(OCc3ccccc3)c(OC)c2)c1C#N. The fourth-order valence-corrected chi connectivity index (χ4v) is 4.43. The number of hydrogen-bond donors (Lipinski definition) is 1. The number of nitriles is 1. The summed E-state index contributed by atoms with van der Waals surface area (Å²) in [6, 6.07) is 15.5. The van der Waals surface area contributed by atoms with Crippen LogP contribution in [0.15, 0.2) is 52.0 Å². The second-order valence-corrected chi connectivity index (χ2v) is 9.56. The number of halogens is 2. The highest BCUT2D eigenvalue weighted by molar-refractivity contribution is 14.1. The molecule has 0 atom stereocenters. The first kappa shape index (κ1) is 28.4. The van der Waals surface area contributed by atoms with Gasteiger partial charge in [-0.2, -0.15) is 10.4 Å². The van der Waals surface area contributed by atoms with E-state index in [2.05, 4.69) is 60.1 Å². The minimum absolute atomic E-state index is 0.0553. The molecule has 37 heavy (non-hydrogen) atoms. The third-order valence-corrected chi connectivity index (χ3v) is 6.84. The molecular weight excluding hydrogens is 655 g/mol. The zero-order chi connectivity index (χ0) is 26.8. The van der Waals surface area contributed by atoms with Gasteiger partial charge in [-0.05, 0) is 68.7 Å². The lowest BCUT2D eigenvalue weighted by Gasteiger charge is -2.14. The number of pyridine rings is 1. The molecule has 11 heteroatoms. The monoisotopic (exact) mass is 678 g/mol. The van der Waals surface area contributed by atoms with E-state index < -0.39 is 5.91 Å². The molecule has 0 fully saturated rings. The molecule has 2 aromatic carbocycles. The highest BCUT2D eigenvalue weighted by Crippen LogP contribution is 2.34. The van der Waals surface area contributed by atoms with Crippen molar-refractivity contribution in [2.24, 2.45) is 5.10 Å². The second-order valence-electron chi connectivity index (χ2n) is 7.60. The molecule has 1 amide bonds. The van der Waals surface area contributed by atoms with Gasteiger partial charge in [0.1, 0.15) is 18.2 Å². The molecule has 0 radical (unpaired) electrons. The van der Waals surface area contributed by atoms with E-state index in [1.54, 1.807) is 20.1 Å². The smallest absolute Gasteiger partial charge is 0.278 e. The van der Waals surface area contributed by atoms with Crippen molar-refractivity contribution in [3.63, 3.8) is 0 Å².